The van der Waals surface area contributed by atoms with Crippen LogP contribution >= 0.6 is 0 Å². The molecule has 1 aliphatic rings. The van der Waals surface area contributed by atoms with Gasteiger partial charge in [-0.05, 0) is 54.7 Å². The van der Waals surface area contributed by atoms with Crippen LogP contribution in [0.15, 0.2) is 43.0 Å². The molecule has 2 aromatic rings. The first-order valence-electron chi connectivity index (χ1n) is 14.0. The first-order valence-corrected chi connectivity index (χ1v) is 14.0. The molecule has 0 N–H and O–H groups in total. The second-order valence-electron chi connectivity index (χ2n) is 10.4. The van der Waals surface area contributed by atoms with E-state index < -0.39 is 5.97 Å². The highest BCUT2D eigenvalue weighted by Gasteiger charge is 2.40. The molecule has 0 radical (unpaired) electrons. The first-order chi connectivity index (χ1) is 19.8. The van der Waals surface area contributed by atoms with E-state index in [0.717, 1.165) is 56.0 Å². The summed E-state index contributed by atoms with van der Waals surface area (Å²) in [6.07, 6.45) is 5.32. The lowest BCUT2D eigenvalue weighted by atomic mass is 9.86. The van der Waals surface area contributed by atoms with Crippen molar-refractivity contribution >= 4 is 11.9 Å². The monoisotopic (exact) mass is 697 g/mol. The van der Waals surface area contributed by atoms with Gasteiger partial charge in [0.05, 0.1) is 68.2 Å². The molecule has 0 spiro atoms. The zero-order valence-corrected chi connectivity index (χ0v) is 27.6. The molecule has 0 saturated carbocycles. The van der Waals surface area contributed by atoms with Crippen LogP contribution in [0, 0.1) is 0 Å². The van der Waals surface area contributed by atoms with Crippen molar-refractivity contribution in [2.45, 2.75) is 44.6 Å². The summed E-state index contributed by atoms with van der Waals surface area (Å²) >= 11 is 0. The van der Waals surface area contributed by atoms with Crippen LogP contribution < -0.4 is 42.9 Å². The quantitative estimate of drug-likeness (QED) is 0.0865. The van der Waals surface area contributed by atoms with Gasteiger partial charge in [-0.2, -0.15) is 0 Å². The number of benzene rings is 2. The van der Waals surface area contributed by atoms with Crippen molar-refractivity contribution in [2.24, 2.45) is 0 Å². The number of ether oxygens (including phenoxy) is 6. The van der Waals surface area contributed by atoms with Crippen LogP contribution in [-0.4, -0.2) is 78.2 Å². The number of hydrogen-bond donors (Lipinski definition) is 0. The summed E-state index contributed by atoms with van der Waals surface area (Å²) in [6.45, 7) is 5.58. The Morgan fingerprint density at radius 1 is 0.881 bits per heavy atom. The minimum atomic E-state index is -0.421. The van der Waals surface area contributed by atoms with Gasteiger partial charge in [-0.1, -0.05) is 12.6 Å². The van der Waals surface area contributed by atoms with Crippen molar-refractivity contribution in [1.82, 2.24) is 0 Å². The molecule has 1 unspecified atom stereocenters. The molecule has 2 atom stereocenters. The fraction of sp³-hybridized carbons (Fsp3) is 0.500. The minimum Gasteiger partial charge on any atom is -1.00 e. The Hall–Kier alpha value is -2.99. The van der Waals surface area contributed by atoms with E-state index >= 15 is 0 Å². The van der Waals surface area contributed by atoms with Crippen molar-refractivity contribution < 1.29 is 66.5 Å². The Morgan fingerprint density at radius 2 is 1.50 bits per heavy atom. The zero-order valence-electron chi connectivity index (χ0n) is 25.4. The van der Waals surface area contributed by atoms with Gasteiger partial charge in [0.2, 0.25) is 0 Å². The van der Waals surface area contributed by atoms with Crippen LogP contribution in [0.1, 0.15) is 48.4 Å². The highest BCUT2D eigenvalue weighted by atomic mass is 127. The van der Waals surface area contributed by atoms with Crippen molar-refractivity contribution in [3.05, 3.63) is 59.7 Å². The molecule has 0 fully saturated rings. The molecule has 1 aliphatic heterocycles. The number of quaternary nitrogens is 1. The maximum atomic E-state index is 12.7. The van der Waals surface area contributed by atoms with Crippen molar-refractivity contribution in [1.29, 1.82) is 0 Å². The van der Waals surface area contributed by atoms with Crippen LogP contribution in [0.5, 0.6) is 23.0 Å². The van der Waals surface area contributed by atoms with Crippen LogP contribution in [-0.2, 0) is 31.9 Å². The summed E-state index contributed by atoms with van der Waals surface area (Å²) < 4.78 is 33.4. The van der Waals surface area contributed by atoms with E-state index in [9.17, 15) is 9.59 Å². The van der Waals surface area contributed by atoms with E-state index in [-0.39, 0.29) is 36.0 Å². The van der Waals surface area contributed by atoms with Gasteiger partial charge in [-0.3, -0.25) is 4.79 Å². The first kappa shape index (κ1) is 35.2. The predicted molar refractivity (Wildman–Crippen MR) is 156 cm³/mol. The number of carbonyl (C=O) groups is 2. The average Bonchev–Trinajstić information content (AvgIpc) is 3.00. The van der Waals surface area contributed by atoms with Gasteiger partial charge in [0, 0.05) is 24.5 Å². The highest BCUT2D eigenvalue weighted by Crippen LogP contribution is 2.43. The molecule has 0 bridgehead atoms. The molecular formula is C32H44INO8. The van der Waals surface area contributed by atoms with Crippen LogP contribution in [0.25, 0.3) is 0 Å². The number of unbranched alkanes of at least 4 members (excludes halogenated alkanes) is 2. The number of fused-ring (bicyclic) bond motifs is 1. The second-order valence-corrected chi connectivity index (χ2v) is 10.4. The number of nitrogens with zero attached hydrogens (tertiary/aromatic N) is 1. The van der Waals surface area contributed by atoms with Crippen LogP contribution in [0.3, 0.4) is 0 Å². The van der Waals surface area contributed by atoms with Gasteiger partial charge >= 0.3 is 11.9 Å². The number of hydrogen-bond acceptors (Lipinski definition) is 8. The van der Waals surface area contributed by atoms with Crippen LogP contribution in [0.2, 0.25) is 0 Å². The lowest BCUT2D eigenvalue weighted by molar-refractivity contribution is -0.940. The summed E-state index contributed by atoms with van der Waals surface area (Å²) in [5, 5.41) is 0. The van der Waals surface area contributed by atoms with E-state index in [1.165, 1.54) is 11.1 Å². The highest BCUT2D eigenvalue weighted by molar-refractivity contribution is 5.81. The minimum absolute atomic E-state index is 0. The molecule has 0 amide bonds. The molecule has 10 heteroatoms. The molecule has 42 heavy (non-hydrogen) atoms. The van der Waals surface area contributed by atoms with Crippen molar-refractivity contribution in [3.8, 4) is 23.0 Å². The number of methoxy groups -OCH3 is 4. The molecule has 0 saturated heterocycles. The summed E-state index contributed by atoms with van der Waals surface area (Å²) in [5.41, 5.74) is 3.53. The fourth-order valence-electron chi connectivity index (χ4n) is 5.38. The van der Waals surface area contributed by atoms with E-state index in [4.69, 9.17) is 28.4 Å². The van der Waals surface area contributed by atoms with Gasteiger partial charge < -0.3 is 56.9 Å². The number of halogens is 1. The Morgan fingerprint density at radius 3 is 2.14 bits per heavy atom. The van der Waals surface area contributed by atoms with Crippen molar-refractivity contribution in [3.63, 3.8) is 0 Å². The Kier molecular flexibility index (Phi) is 14.4. The molecule has 1 heterocycles. The largest absolute Gasteiger partial charge is 1.00 e. The third kappa shape index (κ3) is 9.26. The van der Waals surface area contributed by atoms with Gasteiger partial charge in [0.15, 0.2) is 23.0 Å². The SMILES string of the molecule is C=CC(=O)OCCCCCOC(=O)CC[N@@+]1(C)CCc2cc(OC)c(OC)cc2C1Cc1ccc(OC)c(OC)c1.[I-]. The zero-order chi connectivity index (χ0) is 29.8. The number of rotatable bonds is 16. The van der Waals surface area contributed by atoms with Crippen molar-refractivity contribution in [2.75, 3.05) is 61.8 Å². The normalized spacial score (nSPS) is 17.2. The van der Waals surface area contributed by atoms with E-state index in [0.29, 0.717) is 47.9 Å². The lowest BCUT2D eigenvalue weighted by Crippen LogP contribution is -3.00. The topological polar surface area (TPSA) is 89.5 Å². The molecule has 3 rings (SSSR count). The van der Waals surface area contributed by atoms with Gasteiger partial charge in [-0.25, -0.2) is 4.79 Å². The Balaban J connectivity index is 0.00000616. The maximum absolute atomic E-state index is 12.7. The third-order valence-electron chi connectivity index (χ3n) is 7.82. The molecule has 0 aromatic heterocycles. The predicted octanol–water partition coefficient (Wildman–Crippen LogP) is 1.84. The molecule has 232 valence electrons. The number of likely N-dealkylation sites (N-methyl/N-ethyl adjacent to an activating group) is 1. The second kappa shape index (κ2) is 17.2. The Bertz CT molecular complexity index is 1200. The average molecular weight is 698 g/mol. The summed E-state index contributed by atoms with van der Waals surface area (Å²) in [6, 6.07) is 10.2. The molecular weight excluding hydrogens is 653 g/mol. The van der Waals surface area contributed by atoms with Crippen LogP contribution in [0.4, 0.5) is 0 Å². The summed E-state index contributed by atoms with van der Waals surface area (Å²) in [5.74, 6) is 2.15. The molecule has 0 aliphatic carbocycles. The number of esters is 2. The Labute approximate surface area is 266 Å². The van der Waals surface area contributed by atoms with Gasteiger partial charge in [0.1, 0.15) is 6.04 Å². The standard InChI is InChI=1S/C32H44NO8.HI/c1-7-31(34)40-17-9-8-10-18-41-32(35)14-16-33(2)15-13-24-21-29(38-5)30(39-6)22-25(24)26(33)19-23-11-12-27(36-3)28(20-23)37-4;/h7,11-12,20-22,26H,1,8-10,13-19H2,2-6H3;1H/q+1;/p-1/t26?,33-;/m1./s1. The summed E-state index contributed by atoms with van der Waals surface area (Å²) in [7, 11) is 8.77. The smallest absolute Gasteiger partial charge is 0.330 e. The third-order valence-corrected chi connectivity index (χ3v) is 7.82. The van der Waals surface area contributed by atoms with Gasteiger partial charge in [-0.15, -0.1) is 0 Å². The molecule has 2 aromatic carbocycles. The molecule has 9 nitrogen and oxygen atoms in total. The van der Waals surface area contributed by atoms with E-state index in [1.807, 2.05) is 12.1 Å². The maximum Gasteiger partial charge on any atom is 0.330 e. The number of carbonyl (C=O) groups excluding carboxylic acids is 2. The van der Waals surface area contributed by atoms with E-state index in [1.54, 1.807) is 28.4 Å². The summed E-state index contributed by atoms with van der Waals surface area (Å²) in [4.78, 5) is 23.8. The lowest BCUT2D eigenvalue weighted by Gasteiger charge is -2.46. The fourth-order valence-corrected chi connectivity index (χ4v) is 5.38. The van der Waals surface area contributed by atoms with Gasteiger partial charge in [0.25, 0.3) is 0 Å². The van der Waals surface area contributed by atoms with E-state index in [2.05, 4.69) is 31.8 Å².